The Morgan fingerprint density at radius 2 is 1.79 bits per heavy atom. The summed E-state index contributed by atoms with van der Waals surface area (Å²) in [6.07, 6.45) is 0.336. The van der Waals surface area contributed by atoms with E-state index >= 15 is 0 Å². The molecule has 0 radical (unpaired) electrons. The van der Waals surface area contributed by atoms with Gasteiger partial charge in [0.25, 0.3) is 11.8 Å². The van der Waals surface area contributed by atoms with Crippen molar-refractivity contribution in [1.82, 2.24) is 5.32 Å². The molecule has 0 saturated carbocycles. The molecule has 0 bridgehead atoms. The highest BCUT2D eigenvalue weighted by atomic mass is 16.5. The summed E-state index contributed by atoms with van der Waals surface area (Å²) in [6, 6.07) is 11.7. The summed E-state index contributed by atoms with van der Waals surface area (Å²) in [5, 5.41) is 5.53. The predicted molar refractivity (Wildman–Crippen MR) is 102 cm³/mol. The van der Waals surface area contributed by atoms with Gasteiger partial charge < -0.3 is 20.1 Å². The maximum Gasteiger partial charge on any atom is 0.271 e. The van der Waals surface area contributed by atoms with Gasteiger partial charge in [0, 0.05) is 36.7 Å². The van der Waals surface area contributed by atoms with E-state index in [0.717, 1.165) is 0 Å². The van der Waals surface area contributed by atoms with Crippen molar-refractivity contribution in [3.8, 4) is 11.5 Å². The third-order valence-electron chi connectivity index (χ3n) is 5.03. The molecule has 1 saturated heterocycles. The molecule has 1 atom stereocenters. The molecule has 1 unspecified atom stereocenters. The van der Waals surface area contributed by atoms with Crippen LogP contribution >= 0.6 is 0 Å². The highest BCUT2D eigenvalue weighted by molar-refractivity contribution is 6.18. The maximum absolute atomic E-state index is 13.3. The Balaban J connectivity index is 1.73. The molecule has 3 amide bonds. The van der Waals surface area contributed by atoms with Crippen LogP contribution < -0.4 is 25.0 Å². The molecule has 2 aromatic carbocycles. The first kappa shape index (κ1) is 17.8. The number of hydrogen-bond donors (Lipinski definition) is 2. The first-order valence-electron chi connectivity index (χ1n) is 8.77. The van der Waals surface area contributed by atoms with Crippen molar-refractivity contribution in [2.24, 2.45) is 0 Å². The van der Waals surface area contributed by atoms with Gasteiger partial charge >= 0.3 is 0 Å². The van der Waals surface area contributed by atoms with E-state index < -0.39 is 11.6 Å². The van der Waals surface area contributed by atoms with Crippen LogP contribution in [0.2, 0.25) is 0 Å². The average molecular weight is 381 g/mol. The first-order valence-corrected chi connectivity index (χ1v) is 8.77. The van der Waals surface area contributed by atoms with E-state index in [1.165, 1.54) is 19.1 Å². The lowest BCUT2D eigenvalue weighted by molar-refractivity contribution is -0.124. The molecule has 2 N–H and O–H groups in total. The molecule has 8 nitrogen and oxygen atoms in total. The van der Waals surface area contributed by atoms with Crippen molar-refractivity contribution in [3.63, 3.8) is 0 Å². The largest absolute Gasteiger partial charge is 0.497 e. The summed E-state index contributed by atoms with van der Waals surface area (Å²) in [4.78, 5) is 39.9. The van der Waals surface area contributed by atoms with Gasteiger partial charge in [0.2, 0.25) is 11.6 Å². The fourth-order valence-corrected chi connectivity index (χ4v) is 3.68. The molecule has 2 aromatic rings. The molecule has 0 spiro atoms. The van der Waals surface area contributed by atoms with Gasteiger partial charge in [-0.1, -0.05) is 12.1 Å². The molecule has 2 aliphatic rings. The number of anilines is 2. The van der Waals surface area contributed by atoms with Gasteiger partial charge in [-0.3, -0.25) is 19.3 Å². The summed E-state index contributed by atoms with van der Waals surface area (Å²) < 4.78 is 10.4. The van der Waals surface area contributed by atoms with E-state index in [1.807, 2.05) is 0 Å². The second-order valence-electron chi connectivity index (χ2n) is 6.62. The normalized spacial score (nSPS) is 20.1. The van der Waals surface area contributed by atoms with Crippen molar-refractivity contribution >= 4 is 29.1 Å². The highest BCUT2D eigenvalue weighted by Gasteiger charge is 2.56. The van der Waals surface area contributed by atoms with Crippen LogP contribution in [-0.4, -0.2) is 37.6 Å². The molecule has 144 valence electrons. The molecule has 4 rings (SSSR count). The second-order valence-corrected chi connectivity index (χ2v) is 6.62. The van der Waals surface area contributed by atoms with E-state index in [1.54, 1.807) is 42.5 Å². The van der Waals surface area contributed by atoms with Gasteiger partial charge in [-0.25, -0.2) is 0 Å². The molecule has 2 aliphatic heterocycles. The number of carbonyl (C=O) groups excluding carboxylic acids is 3. The monoisotopic (exact) mass is 381 g/mol. The van der Waals surface area contributed by atoms with Crippen LogP contribution in [0.1, 0.15) is 23.2 Å². The summed E-state index contributed by atoms with van der Waals surface area (Å²) in [6.45, 7) is 0. The molecule has 0 aliphatic carbocycles. The third kappa shape index (κ3) is 2.65. The van der Waals surface area contributed by atoms with E-state index in [9.17, 15) is 14.4 Å². The molecule has 1 fully saturated rings. The lowest BCUT2D eigenvalue weighted by Gasteiger charge is -2.41. The van der Waals surface area contributed by atoms with Crippen molar-refractivity contribution in [3.05, 3.63) is 48.0 Å². The zero-order valence-corrected chi connectivity index (χ0v) is 15.4. The SMILES string of the molecule is COc1cc(NC(=O)C23CCC(=O)N2c2ccccc2C(=O)N3)cc(OC)c1. The van der Waals surface area contributed by atoms with Gasteiger partial charge in [0.05, 0.1) is 25.5 Å². The van der Waals surface area contributed by atoms with Crippen LogP contribution in [0.5, 0.6) is 11.5 Å². The summed E-state index contributed by atoms with van der Waals surface area (Å²) in [5.41, 5.74) is -0.238. The van der Waals surface area contributed by atoms with Crippen molar-refractivity contribution in [2.75, 3.05) is 24.4 Å². The summed E-state index contributed by atoms with van der Waals surface area (Å²) in [7, 11) is 3.02. The number of carbonyl (C=O) groups is 3. The first-order chi connectivity index (χ1) is 13.5. The van der Waals surface area contributed by atoms with Crippen molar-refractivity contribution < 1.29 is 23.9 Å². The molecule has 8 heteroatoms. The number of amides is 3. The van der Waals surface area contributed by atoms with Crippen LogP contribution in [0.3, 0.4) is 0 Å². The fourth-order valence-electron chi connectivity index (χ4n) is 3.68. The van der Waals surface area contributed by atoms with E-state index in [0.29, 0.717) is 28.4 Å². The van der Waals surface area contributed by atoms with Gasteiger partial charge in [-0.2, -0.15) is 0 Å². The molecular weight excluding hydrogens is 362 g/mol. The highest BCUT2D eigenvalue weighted by Crippen LogP contribution is 2.40. The standard InChI is InChI=1S/C20H19N3O5/c1-27-13-9-12(10-14(11-13)28-2)21-19(26)20-8-7-17(24)23(20)16-6-4-3-5-15(16)18(25)22-20/h3-6,9-11H,7-8H2,1-2H3,(H,21,26)(H,22,25). The van der Waals surface area contributed by atoms with Crippen LogP contribution in [0.4, 0.5) is 11.4 Å². The number of nitrogens with zero attached hydrogens (tertiary/aromatic N) is 1. The van der Waals surface area contributed by atoms with E-state index in [2.05, 4.69) is 10.6 Å². The Bertz CT molecular complexity index is 967. The lowest BCUT2D eigenvalue weighted by atomic mass is 9.98. The average Bonchev–Trinajstić information content (AvgIpc) is 3.05. The topological polar surface area (TPSA) is 97.0 Å². The minimum atomic E-state index is -1.47. The quantitative estimate of drug-likeness (QED) is 0.843. The Labute approximate surface area is 161 Å². The van der Waals surface area contributed by atoms with Gasteiger partial charge in [0.15, 0.2) is 0 Å². The number of methoxy groups -OCH3 is 2. The zero-order chi connectivity index (χ0) is 19.9. The smallest absolute Gasteiger partial charge is 0.271 e. The molecule has 2 heterocycles. The van der Waals surface area contributed by atoms with E-state index in [4.69, 9.17) is 9.47 Å². The van der Waals surface area contributed by atoms with Gasteiger partial charge in [0.1, 0.15) is 11.5 Å². The van der Waals surface area contributed by atoms with Gasteiger partial charge in [-0.15, -0.1) is 0 Å². The number of nitrogens with one attached hydrogen (secondary N) is 2. The number of ether oxygens (including phenoxy) is 2. The predicted octanol–water partition coefficient (Wildman–Crippen LogP) is 1.91. The number of rotatable bonds is 4. The Kier molecular flexibility index (Phi) is 4.18. The minimum Gasteiger partial charge on any atom is -0.497 e. The number of fused-ring (bicyclic) bond motifs is 3. The zero-order valence-electron chi connectivity index (χ0n) is 15.4. The van der Waals surface area contributed by atoms with Crippen molar-refractivity contribution in [1.29, 1.82) is 0 Å². The Morgan fingerprint density at radius 1 is 1.11 bits per heavy atom. The van der Waals surface area contributed by atoms with Crippen LogP contribution in [0, 0.1) is 0 Å². The lowest BCUT2D eigenvalue weighted by Crippen LogP contribution is -2.68. The fraction of sp³-hybridized carbons (Fsp3) is 0.250. The summed E-state index contributed by atoms with van der Waals surface area (Å²) >= 11 is 0. The number of para-hydroxylation sites is 1. The van der Waals surface area contributed by atoms with Crippen LogP contribution in [0.15, 0.2) is 42.5 Å². The van der Waals surface area contributed by atoms with E-state index in [-0.39, 0.29) is 24.7 Å². The van der Waals surface area contributed by atoms with Crippen molar-refractivity contribution in [2.45, 2.75) is 18.5 Å². The summed E-state index contributed by atoms with van der Waals surface area (Å²) in [5.74, 6) is -0.101. The molecule has 28 heavy (non-hydrogen) atoms. The Hall–Kier alpha value is -3.55. The maximum atomic E-state index is 13.3. The second kappa shape index (κ2) is 6.56. The minimum absolute atomic E-state index is 0.156. The number of hydrogen-bond acceptors (Lipinski definition) is 5. The molecule has 0 aromatic heterocycles. The Morgan fingerprint density at radius 3 is 2.46 bits per heavy atom. The number of benzene rings is 2. The third-order valence-corrected chi connectivity index (χ3v) is 5.03. The van der Waals surface area contributed by atoms with Crippen LogP contribution in [0.25, 0.3) is 0 Å². The van der Waals surface area contributed by atoms with Gasteiger partial charge in [-0.05, 0) is 12.1 Å². The molecular formula is C20H19N3O5. The van der Waals surface area contributed by atoms with Crippen LogP contribution in [-0.2, 0) is 9.59 Å².